The number of ether oxygens (including phenoxy) is 2. The quantitative estimate of drug-likeness (QED) is 0.568. The van der Waals surface area contributed by atoms with Crippen molar-refractivity contribution in [1.29, 1.82) is 10.5 Å². The average Bonchev–Trinajstić information content (AvgIpc) is 3.18. The van der Waals surface area contributed by atoms with Crippen molar-refractivity contribution >= 4 is 5.84 Å². The number of hydrogen-bond acceptors (Lipinski definition) is 5. The first kappa shape index (κ1) is 15.8. The lowest BCUT2D eigenvalue weighted by atomic mass is 9.57. The summed E-state index contributed by atoms with van der Waals surface area (Å²) in [5.74, 6) is -1.24. The molecule has 1 spiro atoms. The Morgan fingerprint density at radius 1 is 1.20 bits per heavy atom. The highest BCUT2D eigenvalue weighted by atomic mass is 16.8. The molecule has 0 bridgehead atoms. The predicted molar refractivity (Wildman–Crippen MR) is 85.7 cm³/mol. The number of hydrogen-bond donors (Lipinski definition) is 3. The summed E-state index contributed by atoms with van der Waals surface area (Å²) in [7, 11) is 0. The molecule has 3 heterocycles. The minimum absolute atomic E-state index is 0.201. The molecule has 4 rings (SSSR count). The lowest BCUT2D eigenvalue weighted by Crippen LogP contribution is -2.90. The van der Waals surface area contributed by atoms with Crippen molar-refractivity contribution in [3.63, 3.8) is 0 Å². The van der Waals surface area contributed by atoms with Crippen LogP contribution < -0.4 is 16.0 Å². The van der Waals surface area contributed by atoms with E-state index in [1.807, 2.05) is 42.6 Å². The minimum atomic E-state index is -1.44. The van der Waals surface area contributed by atoms with E-state index in [0.29, 0.717) is 13.2 Å². The van der Waals surface area contributed by atoms with Crippen LogP contribution in [0.3, 0.4) is 0 Å². The highest BCUT2D eigenvalue weighted by Gasteiger charge is 2.82. The first-order valence-corrected chi connectivity index (χ1v) is 8.16. The Balaban J connectivity index is 2.03. The van der Waals surface area contributed by atoms with Crippen LogP contribution in [0, 0.1) is 33.5 Å². The zero-order chi connectivity index (χ0) is 17.7. The number of nitriles is 2. The van der Waals surface area contributed by atoms with Gasteiger partial charge in [-0.15, -0.1) is 0 Å². The molecule has 0 aromatic heterocycles. The van der Waals surface area contributed by atoms with Crippen LogP contribution in [-0.4, -0.2) is 25.0 Å². The number of allylic oxidation sites excluding steroid dienone is 1. The summed E-state index contributed by atoms with van der Waals surface area (Å²) in [4.78, 5) is 3.02. The van der Waals surface area contributed by atoms with E-state index < -0.39 is 22.8 Å². The number of nitrogens with one attached hydrogen (secondary N) is 1. The van der Waals surface area contributed by atoms with E-state index in [9.17, 15) is 10.5 Å². The monoisotopic (exact) mass is 337 g/mol. The molecule has 0 aliphatic carbocycles. The Bertz CT molecular complexity index is 860. The molecular weight excluding hydrogens is 318 g/mol. The Morgan fingerprint density at radius 3 is 2.48 bits per heavy atom. The first-order valence-electron chi connectivity index (χ1n) is 8.16. The van der Waals surface area contributed by atoms with Gasteiger partial charge >= 0.3 is 5.91 Å². The van der Waals surface area contributed by atoms with E-state index >= 15 is 0 Å². The number of fused-ring (bicyclic) bond motifs is 2. The third-order valence-electron chi connectivity index (χ3n) is 5.41. The highest BCUT2D eigenvalue weighted by Crippen LogP contribution is 2.57. The van der Waals surface area contributed by atoms with Gasteiger partial charge in [-0.1, -0.05) is 30.3 Å². The topological polar surface area (TPSA) is 123 Å². The van der Waals surface area contributed by atoms with Gasteiger partial charge in [-0.2, -0.15) is 10.5 Å². The van der Waals surface area contributed by atoms with Crippen molar-refractivity contribution in [3.8, 4) is 12.1 Å². The highest BCUT2D eigenvalue weighted by molar-refractivity contribution is 5.89. The van der Waals surface area contributed by atoms with Gasteiger partial charge in [-0.3, -0.25) is 5.73 Å². The summed E-state index contributed by atoms with van der Waals surface area (Å²) in [6.45, 7) is 2.57. The molecule has 25 heavy (non-hydrogen) atoms. The van der Waals surface area contributed by atoms with E-state index in [-0.39, 0.29) is 5.84 Å². The molecule has 7 nitrogen and oxygen atoms in total. The molecule has 0 saturated carbocycles. The Kier molecular flexibility index (Phi) is 3.25. The third-order valence-corrected chi connectivity index (χ3v) is 5.41. The normalized spacial score (nSPS) is 35.4. The third kappa shape index (κ3) is 1.70. The maximum atomic E-state index is 10.3. The molecule has 0 amide bonds. The maximum absolute atomic E-state index is 10.3. The predicted octanol–water partition coefficient (Wildman–Crippen LogP) is -1.62. The van der Waals surface area contributed by atoms with Crippen molar-refractivity contribution in [1.82, 2.24) is 0 Å². The van der Waals surface area contributed by atoms with Crippen LogP contribution in [0.2, 0.25) is 0 Å². The molecule has 1 aromatic carbocycles. The number of nitrogens with two attached hydrogens (primary N) is 2. The number of rotatable bonds is 1. The molecule has 3 atom stereocenters. The van der Waals surface area contributed by atoms with Crippen LogP contribution in [0.4, 0.5) is 0 Å². The van der Waals surface area contributed by atoms with Crippen molar-refractivity contribution < 1.29 is 19.8 Å². The summed E-state index contributed by atoms with van der Waals surface area (Å²) in [5, 5.41) is 22.5. The van der Waals surface area contributed by atoms with Gasteiger partial charge in [0, 0.05) is 18.6 Å². The fourth-order valence-electron chi connectivity index (χ4n) is 4.38. The van der Waals surface area contributed by atoms with Gasteiger partial charge in [0.1, 0.15) is 11.7 Å². The fourth-order valence-corrected chi connectivity index (χ4v) is 4.38. The second-order valence-electron chi connectivity index (χ2n) is 6.64. The molecule has 3 aliphatic heterocycles. The average molecular weight is 337 g/mol. The van der Waals surface area contributed by atoms with Gasteiger partial charge in [0.25, 0.3) is 5.84 Å². The van der Waals surface area contributed by atoms with E-state index in [1.165, 1.54) is 0 Å². The Labute approximate surface area is 145 Å². The van der Waals surface area contributed by atoms with E-state index in [1.54, 1.807) is 6.08 Å². The second kappa shape index (κ2) is 5.14. The number of amidine groups is 1. The maximum Gasteiger partial charge on any atom is 0.347 e. The van der Waals surface area contributed by atoms with Crippen LogP contribution in [-0.2, 0) is 9.47 Å². The largest absolute Gasteiger partial charge is 0.347 e. The van der Waals surface area contributed by atoms with Crippen LogP contribution >= 0.6 is 0 Å². The van der Waals surface area contributed by atoms with E-state index in [4.69, 9.17) is 15.2 Å². The summed E-state index contributed by atoms with van der Waals surface area (Å²) in [6, 6.07) is 13.9. The zero-order valence-electron chi connectivity index (χ0n) is 13.8. The van der Waals surface area contributed by atoms with Crippen LogP contribution in [0.1, 0.15) is 18.5 Å². The second-order valence-corrected chi connectivity index (χ2v) is 6.64. The molecule has 7 heteroatoms. The lowest BCUT2D eigenvalue weighted by molar-refractivity contribution is -0.689. The molecule has 0 unspecified atom stereocenters. The van der Waals surface area contributed by atoms with Gasteiger partial charge in [0.2, 0.25) is 10.8 Å². The molecule has 1 aromatic rings. The fraction of sp³-hybridized carbons (Fsp3) is 0.389. The lowest BCUT2D eigenvalue weighted by Gasteiger charge is -2.42. The Hall–Kier alpha value is -2.71. The van der Waals surface area contributed by atoms with Gasteiger partial charge < -0.3 is 14.8 Å². The van der Waals surface area contributed by atoms with Crippen molar-refractivity contribution in [2.75, 3.05) is 13.2 Å². The molecule has 126 valence electrons. The minimum Gasteiger partial charge on any atom is -0.311 e. The number of quaternary nitrogens is 1. The van der Waals surface area contributed by atoms with Gasteiger partial charge in [0.15, 0.2) is 0 Å². The first-order chi connectivity index (χ1) is 12.1. The standard InChI is InChI=1S/C18H17N5O2/c1-12-9-16(10-19)17(11-20,14(22-12)13-5-3-2-4-6-13)15(21)23-18(16)24-7-8-25-18/h2-6,9,14,22H,7-8H2,1H3,(H2,21,23)/p+2/t14-,16+,17+/m0/s1. The van der Waals surface area contributed by atoms with Crippen LogP contribution in [0.15, 0.2) is 42.1 Å². The molecular formula is C18H19N5O2+2. The number of nitrogens with zero attached hydrogens (tertiary/aromatic N) is 2. The SMILES string of the molecule is CC1=C[C@]2(C#N)C3([NH+]=C(N)[C@@]2(C#N)[C@H](c2ccccc2)[NH2+]1)OCCO3. The molecule has 5 N–H and O–H groups in total. The molecule has 1 saturated heterocycles. The van der Waals surface area contributed by atoms with E-state index in [0.717, 1.165) is 11.3 Å². The van der Waals surface area contributed by atoms with Crippen molar-refractivity contribution in [3.05, 3.63) is 47.7 Å². The molecule has 3 aliphatic rings. The molecule has 0 radical (unpaired) electrons. The van der Waals surface area contributed by atoms with Gasteiger partial charge in [-0.25, -0.2) is 4.99 Å². The molecule has 1 fully saturated rings. The number of benzene rings is 1. The van der Waals surface area contributed by atoms with Crippen LogP contribution in [0.5, 0.6) is 0 Å². The summed E-state index contributed by atoms with van der Waals surface area (Å²) >= 11 is 0. The zero-order valence-corrected chi connectivity index (χ0v) is 13.8. The summed E-state index contributed by atoms with van der Waals surface area (Å²) in [6.07, 6.45) is 1.76. The van der Waals surface area contributed by atoms with Gasteiger partial charge in [0.05, 0.1) is 25.4 Å². The van der Waals surface area contributed by atoms with Gasteiger partial charge in [-0.05, 0) is 0 Å². The summed E-state index contributed by atoms with van der Waals surface area (Å²) < 4.78 is 11.7. The van der Waals surface area contributed by atoms with Crippen LogP contribution in [0.25, 0.3) is 0 Å². The summed E-state index contributed by atoms with van der Waals surface area (Å²) in [5.41, 5.74) is 5.41. The van der Waals surface area contributed by atoms with Crippen molar-refractivity contribution in [2.24, 2.45) is 16.6 Å². The smallest absolute Gasteiger partial charge is 0.311 e. The van der Waals surface area contributed by atoms with E-state index in [2.05, 4.69) is 17.1 Å². The van der Waals surface area contributed by atoms with Crippen molar-refractivity contribution in [2.45, 2.75) is 18.9 Å². The Morgan fingerprint density at radius 2 is 1.88 bits per heavy atom.